The summed E-state index contributed by atoms with van der Waals surface area (Å²) in [6, 6.07) is -0.642. The molecule has 1 aliphatic rings. The second kappa shape index (κ2) is 4.06. The van der Waals surface area contributed by atoms with E-state index < -0.39 is 18.2 Å². The Morgan fingerprint density at radius 3 is 2.57 bits per heavy atom. The molecular formula is C9H15NO4. The third-order valence-corrected chi connectivity index (χ3v) is 2.33. The van der Waals surface area contributed by atoms with E-state index in [-0.39, 0.29) is 17.8 Å². The Morgan fingerprint density at radius 1 is 1.50 bits per heavy atom. The summed E-state index contributed by atoms with van der Waals surface area (Å²) in [7, 11) is 0. The first-order chi connectivity index (χ1) is 6.43. The molecule has 80 valence electrons. The van der Waals surface area contributed by atoms with E-state index in [4.69, 9.17) is 4.74 Å². The molecule has 0 aromatic carbocycles. The molecule has 1 heterocycles. The average Bonchev–Trinajstić information content (AvgIpc) is 2.09. The Kier molecular flexibility index (Phi) is 3.23. The molecule has 0 radical (unpaired) electrons. The van der Waals surface area contributed by atoms with E-state index >= 15 is 0 Å². The topological polar surface area (TPSA) is 75.6 Å². The van der Waals surface area contributed by atoms with Crippen LogP contribution >= 0.6 is 0 Å². The molecule has 1 rings (SSSR count). The van der Waals surface area contributed by atoms with Crippen LogP contribution in [0.3, 0.4) is 0 Å². The van der Waals surface area contributed by atoms with Gasteiger partial charge in [-0.1, -0.05) is 0 Å². The number of ether oxygens (including phenoxy) is 1. The molecular weight excluding hydrogens is 186 g/mol. The highest BCUT2D eigenvalue weighted by Crippen LogP contribution is 2.16. The maximum atomic E-state index is 11.3. The molecule has 4 atom stereocenters. The minimum Gasteiger partial charge on any atom is -0.383 e. The summed E-state index contributed by atoms with van der Waals surface area (Å²) < 4.78 is 5.26. The molecule has 2 N–H and O–H groups in total. The lowest BCUT2D eigenvalue weighted by Crippen LogP contribution is -2.60. The Labute approximate surface area is 82.4 Å². The number of aliphatic hydroxyl groups excluding tert-OH is 1. The maximum absolute atomic E-state index is 11.3. The van der Waals surface area contributed by atoms with E-state index in [2.05, 4.69) is 5.32 Å². The largest absolute Gasteiger partial charge is 0.383 e. The second-order valence-corrected chi connectivity index (χ2v) is 3.56. The van der Waals surface area contributed by atoms with Gasteiger partial charge < -0.3 is 15.2 Å². The van der Waals surface area contributed by atoms with Gasteiger partial charge in [0.2, 0.25) is 5.91 Å². The predicted molar refractivity (Wildman–Crippen MR) is 48.6 cm³/mol. The Hall–Kier alpha value is -0.940. The van der Waals surface area contributed by atoms with Gasteiger partial charge in [-0.25, -0.2) is 0 Å². The van der Waals surface area contributed by atoms with Crippen LogP contribution in [-0.4, -0.2) is 41.2 Å². The summed E-state index contributed by atoms with van der Waals surface area (Å²) in [6.45, 7) is 4.64. The summed E-state index contributed by atoms with van der Waals surface area (Å²) in [5.41, 5.74) is 0. The van der Waals surface area contributed by atoms with Crippen molar-refractivity contribution in [2.24, 2.45) is 0 Å². The van der Waals surface area contributed by atoms with Crippen molar-refractivity contribution in [1.29, 1.82) is 0 Å². The fourth-order valence-electron chi connectivity index (χ4n) is 1.58. The molecule has 5 heteroatoms. The zero-order valence-electron chi connectivity index (χ0n) is 8.48. The van der Waals surface area contributed by atoms with Crippen LogP contribution < -0.4 is 5.32 Å². The summed E-state index contributed by atoms with van der Waals surface area (Å²) in [6.07, 6.45) is -2.13. The minimum atomic E-state index is -1.17. The highest BCUT2D eigenvalue weighted by atomic mass is 16.5. The summed E-state index contributed by atoms with van der Waals surface area (Å²) in [5.74, 6) is -0.672. The van der Waals surface area contributed by atoms with Crippen molar-refractivity contribution < 1.29 is 19.4 Å². The third kappa shape index (κ3) is 2.10. The number of hydrogen-bond donors (Lipinski definition) is 2. The van der Waals surface area contributed by atoms with E-state index in [0.717, 1.165) is 0 Å². The lowest BCUT2D eigenvalue weighted by molar-refractivity contribution is -0.160. The van der Waals surface area contributed by atoms with Crippen LogP contribution in [0, 0.1) is 0 Å². The van der Waals surface area contributed by atoms with Crippen LogP contribution in [0.1, 0.15) is 20.8 Å². The normalized spacial score (nSPS) is 38.1. The van der Waals surface area contributed by atoms with Gasteiger partial charge in [0.25, 0.3) is 0 Å². The molecule has 1 aliphatic heterocycles. The number of rotatable bonds is 1. The molecule has 5 nitrogen and oxygen atoms in total. The van der Waals surface area contributed by atoms with E-state index in [9.17, 15) is 14.7 Å². The second-order valence-electron chi connectivity index (χ2n) is 3.56. The number of carbonyl (C=O) groups excluding carboxylic acids is 2. The van der Waals surface area contributed by atoms with Crippen LogP contribution in [-0.2, 0) is 14.3 Å². The van der Waals surface area contributed by atoms with Crippen LogP contribution in [0.2, 0.25) is 0 Å². The van der Waals surface area contributed by atoms with Gasteiger partial charge in [-0.05, 0) is 13.8 Å². The van der Waals surface area contributed by atoms with Crippen molar-refractivity contribution in [1.82, 2.24) is 5.32 Å². The van der Waals surface area contributed by atoms with Crippen molar-refractivity contribution in [3.8, 4) is 0 Å². The lowest BCUT2D eigenvalue weighted by atomic mass is 9.95. The Morgan fingerprint density at radius 2 is 2.07 bits per heavy atom. The molecule has 0 spiro atoms. The lowest BCUT2D eigenvalue weighted by Gasteiger charge is -2.35. The van der Waals surface area contributed by atoms with Crippen LogP contribution in [0.25, 0.3) is 0 Å². The summed E-state index contributed by atoms with van der Waals surface area (Å²) in [4.78, 5) is 22.1. The predicted octanol–water partition coefficient (Wildman–Crippen LogP) is -0.772. The smallest absolute Gasteiger partial charge is 0.217 e. The fraction of sp³-hybridized carbons (Fsp3) is 0.778. The average molecular weight is 201 g/mol. The number of Topliss-reactive ketones (excluding diaryl/α,β-unsaturated/α-hetero) is 1. The van der Waals surface area contributed by atoms with Gasteiger partial charge in [0.05, 0.1) is 12.1 Å². The van der Waals surface area contributed by atoms with Crippen LogP contribution in [0.15, 0.2) is 0 Å². The van der Waals surface area contributed by atoms with Gasteiger partial charge in [0.1, 0.15) is 12.2 Å². The highest BCUT2D eigenvalue weighted by molar-refractivity contribution is 5.89. The number of nitrogens with one attached hydrogen (secondary N) is 1. The molecule has 0 aromatic heterocycles. The van der Waals surface area contributed by atoms with Gasteiger partial charge in [-0.15, -0.1) is 0 Å². The van der Waals surface area contributed by atoms with Crippen LogP contribution in [0.5, 0.6) is 0 Å². The standard InChI is InChI=1S/C9H15NO4/c1-4-7(10-6(3)11)9(13)8(12)5(2)14-4/h4-5,7,9,13H,1-3H3,(H,10,11)/t4-,5?,7?,9?/m0/s1. The zero-order valence-corrected chi connectivity index (χ0v) is 8.48. The van der Waals surface area contributed by atoms with Crippen LogP contribution in [0.4, 0.5) is 0 Å². The fourth-order valence-corrected chi connectivity index (χ4v) is 1.58. The van der Waals surface area contributed by atoms with Crippen molar-refractivity contribution in [3.05, 3.63) is 0 Å². The molecule has 14 heavy (non-hydrogen) atoms. The van der Waals surface area contributed by atoms with E-state index in [1.54, 1.807) is 13.8 Å². The SMILES string of the molecule is CC(=O)NC1C(O)C(=O)C(C)O[C@H]1C. The van der Waals surface area contributed by atoms with Gasteiger partial charge in [0, 0.05) is 6.92 Å². The van der Waals surface area contributed by atoms with Crippen molar-refractivity contribution in [3.63, 3.8) is 0 Å². The first kappa shape index (κ1) is 11.1. The van der Waals surface area contributed by atoms with E-state index in [0.29, 0.717) is 0 Å². The van der Waals surface area contributed by atoms with Gasteiger partial charge in [-0.2, -0.15) is 0 Å². The molecule has 1 amide bonds. The van der Waals surface area contributed by atoms with Crippen molar-refractivity contribution in [2.75, 3.05) is 0 Å². The molecule has 1 saturated heterocycles. The number of amides is 1. The van der Waals surface area contributed by atoms with Crippen molar-refractivity contribution >= 4 is 11.7 Å². The zero-order chi connectivity index (χ0) is 10.9. The third-order valence-electron chi connectivity index (χ3n) is 2.33. The van der Waals surface area contributed by atoms with Crippen molar-refractivity contribution in [2.45, 2.75) is 45.1 Å². The van der Waals surface area contributed by atoms with E-state index in [1.807, 2.05) is 0 Å². The Balaban J connectivity index is 2.73. The minimum absolute atomic E-state index is 0.285. The molecule has 3 unspecified atom stereocenters. The number of carbonyl (C=O) groups is 2. The maximum Gasteiger partial charge on any atom is 0.217 e. The van der Waals surface area contributed by atoms with Gasteiger partial charge in [-0.3, -0.25) is 9.59 Å². The van der Waals surface area contributed by atoms with Gasteiger partial charge >= 0.3 is 0 Å². The summed E-state index contributed by atoms with van der Waals surface area (Å²) >= 11 is 0. The molecule has 0 aliphatic carbocycles. The number of hydrogen-bond acceptors (Lipinski definition) is 4. The molecule has 0 saturated carbocycles. The van der Waals surface area contributed by atoms with Gasteiger partial charge in [0.15, 0.2) is 5.78 Å². The molecule has 0 aromatic rings. The first-order valence-electron chi connectivity index (χ1n) is 4.58. The Bertz CT molecular complexity index is 253. The quantitative estimate of drug-likeness (QED) is 0.584. The monoisotopic (exact) mass is 201 g/mol. The number of aliphatic hydroxyl groups is 1. The number of ketones is 1. The first-order valence-corrected chi connectivity index (χ1v) is 4.58. The van der Waals surface area contributed by atoms with E-state index in [1.165, 1.54) is 6.92 Å². The highest BCUT2D eigenvalue weighted by Gasteiger charge is 2.40. The molecule has 0 bridgehead atoms. The summed E-state index contributed by atoms with van der Waals surface area (Å²) in [5, 5.41) is 12.1. The molecule has 1 fully saturated rings.